The predicted octanol–water partition coefficient (Wildman–Crippen LogP) is 1.60. The molecule has 0 bridgehead atoms. The van der Waals surface area contributed by atoms with E-state index < -0.39 is 0 Å². The minimum Gasteiger partial charge on any atom is -0.271 e. The highest BCUT2D eigenvalue weighted by molar-refractivity contribution is 4.91. The monoisotopic (exact) mass is 253 g/mol. The van der Waals surface area contributed by atoms with E-state index in [4.69, 9.17) is 5.84 Å². The molecule has 0 amide bonds. The zero-order valence-corrected chi connectivity index (χ0v) is 12.2. The quantitative estimate of drug-likeness (QED) is 0.572. The minimum absolute atomic E-state index is 0.236. The average Bonchev–Trinajstić information content (AvgIpc) is 2.71. The Labute approximate surface area is 110 Å². The second kappa shape index (κ2) is 6.85. The van der Waals surface area contributed by atoms with Gasteiger partial charge in [0.05, 0.1) is 0 Å². The molecule has 0 saturated heterocycles. The second-order valence-corrected chi connectivity index (χ2v) is 5.83. The van der Waals surface area contributed by atoms with E-state index in [0.29, 0.717) is 17.8 Å². The lowest BCUT2D eigenvalue weighted by Gasteiger charge is -2.26. The lowest BCUT2D eigenvalue weighted by Crippen LogP contribution is -2.43. The third kappa shape index (κ3) is 4.07. The van der Waals surface area contributed by atoms with E-state index >= 15 is 0 Å². The molecule has 0 radical (unpaired) electrons. The van der Waals surface area contributed by atoms with Crippen LogP contribution in [0.3, 0.4) is 0 Å². The van der Waals surface area contributed by atoms with Crippen molar-refractivity contribution in [2.24, 2.45) is 23.6 Å². The number of hydrazine groups is 1. The molecular weight excluding hydrogens is 226 g/mol. The van der Waals surface area contributed by atoms with Gasteiger partial charge in [-0.15, -0.1) is 0 Å². The van der Waals surface area contributed by atoms with Gasteiger partial charge in [-0.1, -0.05) is 34.6 Å². The number of nitrogens with zero attached hydrogens (tertiary/aromatic N) is 3. The molecule has 1 rings (SSSR count). The Hall–Kier alpha value is -0.940. The maximum absolute atomic E-state index is 5.67. The van der Waals surface area contributed by atoms with Gasteiger partial charge in [-0.05, 0) is 17.8 Å². The zero-order valence-electron chi connectivity index (χ0n) is 12.2. The van der Waals surface area contributed by atoms with Crippen LogP contribution in [-0.4, -0.2) is 20.8 Å². The van der Waals surface area contributed by atoms with Gasteiger partial charge in [0, 0.05) is 19.0 Å². The number of hydrogen-bond acceptors (Lipinski definition) is 4. The van der Waals surface area contributed by atoms with Gasteiger partial charge in [0.25, 0.3) is 0 Å². The van der Waals surface area contributed by atoms with Crippen molar-refractivity contribution in [2.45, 2.75) is 53.6 Å². The number of hydrogen-bond donors (Lipinski definition) is 2. The maximum Gasteiger partial charge on any atom is 0.138 e. The second-order valence-electron chi connectivity index (χ2n) is 5.83. The molecule has 104 valence electrons. The van der Waals surface area contributed by atoms with Gasteiger partial charge in [-0.2, -0.15) is 5.10 Å². The van der Waals surface area contributed by atoms with Crippen LogP contribution in [0.15, 0.2) is 6.33 Å². The highest BCUT2D eigenvalue weighted by atomic mass is 15.3. The van der Waals surface area contributed by atoms with E-state index in [0.717, 1.165) is 18.8 Å². The number of nitrogens with one attached hydrogen (secondary N) is 1. The molecular formula is C13H27N5. The lowest BCUT2D eigenvalue weighted by atomic mass is 9.88. The molecule has 2 unspecified atom stereocenters. The van der Waals surface area contributed by atoms with Gasteiger partial charge in [-0.3, -0.25) is 11.3 Å². The summed E-state index contributed by atoms with van der Waals surface area (Å²) in [5.41, 5.74) is 2.92. The van der Waals surface area contributed by atoms with Gasteiger partial charge in [0.2, 0.25) is 0 Å². The Kier molecular flexibility index (Phi) is 5.75. The Morgan fingerprint density at radius 3 is 2.44 bits per heavy atom. The van der Waals surface area contributed by atoms with Gasteiger partial charge in [-0.25, -0.2) is 9.67 Å². The predicted molar refractivity (Wildman–Crippen MR) is 73.7 cm³/mol. The summed E-state index contributed by atoms with van der Waals surface area (Å²) < 4.78 is 1.99. The fraction of sp³-hybridized carbons (Fsp3) is 0.846. The molecule has 0 spiro atoms. The van der Waals surface area contributed by atoms with Crippen molar-refractivity contribution in [1.82, 2.24) is 20.2 Å². The normalized spacial score (nSPS) is 15.3. The number of nitrogens with two attached hydrogens (primary N) is 1. The molecule has 1 aromatic rings. The van der Waals surface area contributed by atoms with Crippen LogP contribution in [0.2, 0.25) is 0 Å². The van der Waals surface area contributed by atoms with E-state index in [1.54, 1.807) is 6.33 Å². The standard InChI is InChI=1S/C13H27N5/c1-9(2)7-18-13(15-8-16-18)6-12(17-14)11(5)10(3)4/h8-12,17H,6-7,14H2,1-5H3. The van der Waals surface area contributed by atoms with Gasteiger partial charge >= 0.3 is 0 Å². The molecule has 5 nitrogen and oxygen atoms in total. The molecule has 3 N–H and O–H groups in total. The van der Waals surface area contributed by atoms with Crippen molar-refractivity contribution >= 4 is 0 Å². The third-order valence-electron chi connectivity index (χ3n) is 3.54. The number of aromatic nitrogens is 3. The van der Waals surface area contributed by atoms with Gasteiger partial charge < -0.3 is 0 Å². The molecule has 1 heterocycles. The molecule has 0 aliphatic heterocycles. The average molecular weight is 253 g/mol. The van der Waals surface area contributed by atoms with Crippen LogP contribution in [0.5, 0.6) is 0 Å². The first-order chi connectivity index (χ1) is 8.45. The summed E-state index contributed by atoms with van der Waals surface area (Å²) in [5.74, 6) is 8.34. The summed E-state index contributed by atoms with van der Waals surface area (Å²) in [5, 5.41) is 4.28. The van der Waals surface area contributed by atoms with Crippen LogP contribution < -0.4 is 11.3 Å². The topological polar surface area (TPSA) is 68.8 Å². The first kappa shape index (κ1) is 15.1. The van der Waals surface area contributed by atoms with Crippen molar-refractivity contribution in [2.75, 3.05) is 0 Å². The molecule has 0 fully saturated rings. The van der Waals surface area contributed by atoms with E-state index in [9.17, 15) is 0 Å². The first-order valence-electron chi connectivity index (χ1n) is 6.78. The Morgan fingerprint density at radius 2 is 1.94 bits per heavy atom. The summed E-state index contributed by atoms with van der Waals surface area (Å²) in [6.07, 6.45) is 2.45. The van der Waals surface area contributed by atoms with Crippen molar-refractivity contribution in [1.29, 1.82) is 0 Å². The molecule has 18 heavy (non-hydrogen) atoms. The first-order valence-corrected chi connectivity index (χ1v) is 6.78. The van der Waals surface area contributed by atoms with Gasteiger partial charge in [0.1, 0.15) is 12.2 Å². The van der Waals surface area contributed by atoms with Crippen LogP contribution in [0, 0.1) is 17.8 Å². The Bertz CT molecular complexity index is 345. The molecule has 0 aliphatic rings. The summed E-state index contributed by atoms with van der Waals surface area (Å²) in [4.78, 5) is 4.36. The van der Waals surface area contributed by atoms with Crippen LogP contribution in [0.1, 0.15) is 40.4 Å². The zero-order chi connectivity index (χ0) is 13.7. The van der Waals surface area contributed by atoms with Crippen LogP contribution in [-0.2, 0) is 13.0 Å². The van der Waals surface area contributed by atoms with Crippen molar-refractivity contribution in [3.63, 3.8) is 0 Å². The summed E-state index contributed by atoms with van der Waals surface area (Å²) in [6, 6.07) is 0.236. The summed E-state index contributed by atoms with van der Waals surface area (Å²) in [6.45, 7) is 11.9. The molecule has 0 aliphatic carbocycles. The Balaban J connectivity index is 2.73. The van der Waals surface area contributed by atoms with Crippen LogP contribution in [0.4, 0.5) is 0 Å². The SMILES string of the molecule is CC(C)Cn1ncnc1CC(NN)C(C)C(C)C. The van der Waals surface area contributed by atoms with E-state index in [1.165, 1.54) is 0 Å². The lowest BCUT2D eigenvalue weighted by molar-refractivity contribution is 0.291. The molecule has 2 atom stereocenters. The third-order valence-corrected chi connectivity index (χ3v) is 3.54. The van der Waals surface area contributed by atoms with Crippen LogP contribution >= 0.6 is 0 Å². The van der Waals surface area contributed by atoms with Crippen LogP contribution in [0.25, 0.3) is 0 Å². The summed E-state index contributed by atoms with van der Waals surface area (Å²) in [7, 11) is 0. The summed E-state index contributed by atoms with van der Waals surface area (Å²) >= 11 is 0. The van der Waals surface area contributed by atoms with E-state index in [2.05, 4.69) is 50.1 Å². The van der Waals surface area contributed by atoms with Crippen molar-refractivity contribution in [3.8, 4) is 0 Å². The van der Waals surface area contributed by atoms with Crippen molar-refractivity contribution < 1.29 is 0 Å². The molecule has 5 heteroatoms. The van der Waals surface area contributed by atoms with Crippen molar-refractivity contribution in [3.05, 3.63) is 12.2 Å². The minimum atomic E-state index is 0.236. The van der Waals surface area contributed by atoms with Gasteiger partial charge in [0.15, 0.2) is 0 Å². The molecule has 1 aromatic heterocycles. The van der Waals surface area contributed by atoms with E-state index in [-0.39, 0.29) is 6.04 Å². The molecule has 0 aromatic carbocycles. The highest BCUT2D eigenvalue weighted by Crippen LogP contribution is 2.17. The number of rotatable bonds is 7. The largest absolute Gasteiger partial charge is 0.271 e. The van der Waals surface area contributed by atoms with E-state index in [1.807, 2.05) is 4.68 Å². The maximum atomic E-state index is 5.67. The highest BCUT2D eigenvalue weighted by Gasteiger charge is 2.21. The smallest absolute Gasteiger partial charge is 0.138 e. The fourth-order valence-electron chi connectivity index (χ4n) is 2.00. The fourth-order valence-corrected chi connectivity index (χ4v) is 2.00. The Morgan fingerprint density at radius 1 is 1.28 bits per heavy atom. The molecule has 0 saturated carbocycles.